The molecule has 0 saturated heterocycles. The van der Waals surface area contributed by atoms with E-state index in [1.54, 1.807) is 45.3 Å². The van der Waals surface area contributed by atoms with Crippen LogP contribution in [0, 0.1) is 13.8 Å². The average Bonchev–Trinajstić information content (AvgIpc) is 2.64. The monoisotopic (exact) mass is 402 g/mol. The van der Waals surface area contributed by atoms with Gasteiger partial charge in [-0.15, -0.1) is 0 Å². The maximum Gasteiger partial charge on any atom is 0.271 e. The van der Waals surface area contributed by atoms with Crippen molar-refractivity contribution in [2.75, 3.05) is 26.0 Å². The van der Waals surface area contributed by atoms with Gasteiger partial charge in [0.2, 0.25) is 5.91 Å². The quantitative estimate of drug-likeness (QED) is 0.777. The smallest absolute Gasteiger partial charge is 0.271 e. The van der Waals surface area contributed by atoms with Crippen molar-refractivity contribution in [3.05, 3.63) is 57.9 Å². The summed E-state index contributed by atoms with van der Waals surface area (Å²) < 4.78 is 0. The summed E-state index contributed by atoms with van der Waals surface area (Å²) >= 11 is 6.04. The number of anilines is 1. The van der Waals surface area contributed by atoms with Crippen LogP contribution in [0.4, 0.5) is 5.69 Å². The van der Waals surface area contributed by atoms with Gasteiger partial charge in [0.15, 0.2) is 0 Å². The van der Waals surface area contributed by atoms with Gasteiger partial charge in [0.25, 0.3) is 11.8 Å². The topological polar surface area (TPSA) is 91.4 Å². The van der Waals surface area contributed by atoms with Gasteiger partial charge in [0.05, 0.1) is 11.3 Å². The molecule has 1 heterocycles. The SMILES string of the molecule is Cc1nc(C(=O)N(C)C)ccc1C(=O)NCCC(=O)Nc1cccc(Cl)c1C. The van der Waals surface area contributed by atoms with Crippen LogP contribution in [0.25, 0.3) is 0 Å². The Balaban J connectivity index is 1.91. The van der Waals surface area contributed by atoms with Gasteiger partial charge in [0.1, 0.15) is 5.69 Å². The van der Waals surface area contributed by atoms with Crippen LogP contribution in [-0.4, -0.2) is 48.2 Å². The molecule has 0 aliphatic rings. The third-order valence-electron chi connectivity index (χ3n) is 4.14. The zero-order valence-corrected chi connectivity index (χ0v) is 17.1. The number of carbonyl (C=O) groups is 3. The molecule has 28 heavy (non-hydrogen) atoms. The fourth-order valence-corrected chi connectivity index (χ4v) is 2.66. The van der Waals surface area contributed by atoms with E-state index in [0.717, 1.165) is 5.56 Å². The number of nitrogens with one attached hydrogen (secondary N) is 2. The van der Waals surface area contributed by atoms with E-state index in [-0.39, 0.29) is 36.4 Å². The Hall–Kier alpha value is -2.93. The summed E-state index contributed by atoms with van der Waals surface area (Å²) in [5.41, 5.74) is 2.52. The van der Waals surface area contributed by atoms with Crippen LogP contribution in [0.3, 0.4) is 0 Å². The third-order valence-corrected chi connectivity index (χ3v) is 4.54. The molecular weight excluding hydrogens is 380 g/mol. The molecule has 0 aliphatic carbocycles. The summed E-state index contributed by atoms with van der Waals surface area (Å²) in [5, 5.41) is 6.04. The third kappa shape index (κ3) is 5.29. The van der Waals surface area contributed by atoms with Crippen LogP contribution in [0.5, 0.6) is 0 Å². The molecule has 0 unspecified atom stereocenters. The van der Waals surface area contributed by atoms with Gasteiger partial charge in [-0.3, -0.25) is 14.4 Å². The van der Waals surface area contributed by atoms with Crippen LogP contribution < -0.4 is 10.6 Å². The summed E-state index contributed by atoms with van der Waals surface area (Å²) in [6, 6.07) is 8.35. The fourth-order valence-electron chi connectivity index (χ4n) is 2.49. The predicted molar refractivity (Wildman–Crippen MR) is 109 cm³/mol. The lowest BCUT2D eigenvalue weighted by molar-refractivity contribution is -0.116. The number of hydrogen-bond donors (Lipinski definition) is 2. The number of aromatic nitrogens is 1. The molecule has 0 atom stereocenters. The summed E-state index contributed by atoms with van der Waals surface area (Å²) in [6.45, 7) is 3.65. The number of amides is 3. The Kier molecular flexibility index (Phi) is 7.12. The Morgan fingerprint density at radius 3 is 2.46 bits per heavy atom. The lowest BCUT2D eigenvalue weighted by Gasteiger charge is -2.12. The van der Waals surface area contributed by atoms with E-state index in [2.05, 4.69) is 15.6 Å². The number of benzene rings is 1. The van der Waals surface area contributed by atoms with E-state index in [1.807, 2.05) is 6.92 Å². The van der Waals surface area contributed by atoms with Crippen molar-refractivity contribution >= 4 is 35.0 Å². The molecule has 0 radical (unpaired) electrons. The van der Waals surface area contributed by atoms with Gasteiger partial charge in [-0.1, -0.05) is 17.7 Å². The molecule has 7 nitrogen and oxygen atoms in total. The first-order chi connectivity index (χ1) is 13.2. The van der Waals surface area contributed by atoms with E-state index >= 15 is 0 Å². The standard InChI is InChI=1S/C20H23ClN4O3/c1-12-15(21)6-5-7-16(12)24-18(26)10-11-22-19(27)14-8-9-17(23-13(14)2)20(28)25(3)4/h5-9H,10-11H2,1-4H3,(H,22,27)(H,24,26). The minimum Gasteiger partial charge on any atom is -0.351 e. The Morgan fingerprint density at radius 1 is 1.11 bits per heavy atom. The highest BCUT2D eigenvalue weighted by Crippen LogP contribution is 2.22. The average molecular weight is 403 g/mol. The van der Waals surface area contributed by atoms with E-state index in [0.29, 0.717) is 22.0 Å². The molecule has 1 aromatic heterocycles. The van der Waals surface area contributed by atoms with Crippen molar-refractivity contribution in [1.29, 1.82) is 0 Å². The second-order valence-electron chi connectivity index (χ2n) is 6.50. The van der Waals surface area contributed by atoms with Gasteiger partial charge < -0.3 is 15.5 Å². The number of halogens is 1. The second-order valence-corrected chi connectivity index (χ2v) is 6.90. The number of hydrogen-bond acceptors (Lipinski definition) is 4. The van der Waals surface area contributed by atoms with Crippen LogP contribution in [0.1, 0.15) is 38.5 Å². The molecule has 2 rings (SSSR count). The molecular formula is C20H23ClN4O3. The molecule has 0 fully saturated rings. The Labute approximate surface area is 169 Å². The highest BCUT2D eigenvalue weighted by molar-refractivity contribution is 6.31. The second kappa shape index (κ2) is 9.32. The highest BCUT2D eigenvalue weighted by Gasteiger charge is 2.15. The molecule has 1 aromatic carbocycles. The first-order valence-electron chi connectivity index (χ1n) is 8.73. The molecule has 148 valence electrons. The van der Waals surface area contributed by atoms with E-state index in [1.165, 1.54) is 11.0 Å². The van der Waals surface area contributed by atoms with Crippen LogP contribution in [0.2, 0.25) is 5.02 Å². The molecule has 0 aliphatic heterocycles. The van der Waals surface area contributed by atoms with Crippen molar-refractivity contribution in [3.63, 3.8) is 0 Å². The van der Waals surface area contributed by atoms with E-state index in [9.17, 15) is 14.4 Å². The van der Waals surface area contributed by atoms with Gasteiger partial charge >= 0.3 is 0 Å². The largest absolute Gasteiger partial charge is 0.351 e. The summed E-state index contributed by atoms with van der Waals surface area (Å²) in [4.78, 5) is 41.9. The Bertz CT molecular complexity index is 912. The molecule has 2 aromatic rings. The molecule has 0 saturated carbocycles. The zero-order chi connectivity index (χ0) is 20.8. The molecule has 2 N–H and O–H groups in total. The summed E-state index contributed by atoms with van der Waals surface area (Å²) in [7, 11) is 3.27. The fraction of sp³-hybridized carbons (Fsp3) is 0.300. The van der Waals surface area contributed by atoms with Gasteiger partial charge in [-0.2, -0.15) is 0 Å². The maximum absolute atomic E-state index is 12.3. The lowest BCUT2D eigenvalue weighted by atomic mass is 10.1. The first-order valence-corrected chi connectivity index (χ1v) is 9.11. The molecule has 0 spiro atoms. The maximum atomic E-state index is 12.3. The zero-order valence-electron chi connectivity index (χ0n) is 16.3. The molecule has 3 amide bonds. The predicted octanol–water partition coefficient (Wildman–Crippen LogP) is 2.81. The number of aryl methyl sites for hydroxylation is 1. The van der Waals surface area contributed by atoms with Crippen molar-refractivity contribution in [1.82, 2.24) is 15.2 Å². The van der Waals surface area contributed by atoms with Gasteiger partial charge in [-0.05, 0) is 43.7 Å². The Morgan fingerprint density at radius 2 is 1.82 bits per heavy atom. The van der Waals surface area contributed by atoms with Crippen molar-refractivity contribution < 1.29 is 14.4 Å². The van der Waals surface area contributed by atoms with Crippen molar-refractivity contribution in [3.8, 4) is 0 Å². The minimum absolute atomic E-state index is 0.112. The van der Waals surface area contributed by atoms with Gasteiger partial charge in [-0.25, -0.2) is 4.98 Å². The molecule has 0 bridgehead atoms. The number of rotatable bonds is 6. The van der Waals surface area contributed by atoms with E-state index < -0.39 is 0 Å². The summed E-state index contributed by atoms with van der Waals surface area (Å²) in [6.07, 6.45) is 0.112. The van der Waals surface area contributed by atoms with Crippen LogP contribution >= 0.6 is 11.6 Å². The van der Waals surface area contributed by atoms with Crippen LogP contribution in [-0.2, 0) is 4.79 Å². The van der Waals surface area contributed by atoms with Crippen molar-refractivity contribution in [2.45, 2.75) is 20.3 Å². The van der Waals surface area contributed by atoms with E-state index in [4.69, 9.17) is 11.6 Å². The van der Waals surface area contributed by atoms with Crippen molar-refractivity contribution in [2.24, 2.45) is 0 Å². The first kappa shape index (κ1) is 21.4. The normalized spacial score (nSPS) is 10.3. The summed E-state index contributed by atoms with van der Waals surface area (Å²) in [5.74, 6) is -0.809. The molecule has 8 heteroatoms. The lowest BCUT2D eigenvalue weighted by Crippen LogP contribution is -2.29. The van der Waals surface area contributed by atoms with Crippen LogP contribution in [0.15, 0.2) is 30.3 Å². The number of carbonyl (C=O) groups excluding carboxylic acids is 3. The number of pyridine rings is 1. The minimum atomic E-state index is -0.347. The van der Waals surface area contributed by atoms with Gasteiger partial charge in [0, 0.05) is 37.8 Å². The number of nitrogens with zero attached hydrogens (tertiary/aromatic N) is 2. The highest BCUT2D eigenvalue weighted by atomic mass is 35.5.